The molecule has 2 rings (SSSR count). The van der Waals surface area contributed by atoms with Crippen molar-refractivity contribution in [2.24, 2.45) is 5.73 Å². The summed E-state index contributed by atoms with van der Waals surface area (Å²) in [6.07, 6.45) is 0. The maximum Gasteiger partial charge on any atom is 0.241 e. The molecule has 0 saturated heterocycles. The van der Waals surface area contributed by atoms with Crippen LogP contribution in [0.4, 0.5) is 0 Å². The molecule has 7 heteroatoms. The van der Waals surface area contributed by atoms with Gasteiger partial charge in [0.1, 0.15) is 4.99 Å². The standard InChI is InChI=1S/C12H12N2O2S3/c13-12(17)10-3-1-2-4-11(10)19(15,16)14-7-9-5-6-18-8-9/h1-6,8,14H,7H2,(H2,13,17). The Hall–Kier alpha value is -1.28. The Labute approximate surface area is 121 Å². The van der Waals surface area contributed by atoms with Crippen molar-refractivity contribution in [3.8, 4) is 0 Å². The van der Waals surface area contributed by atoms with Crippen LogP contribution in [0.5, 0.6) is 0 Å². The van der Waals surface area contributed by atoms with Gasteiger partial charge in [-0.25, -0.2) is 13.1 Å². The molecule has 19 heavy (non-hydrogen) atoms. The van der Waals surface area contributed by atoms with Crippen LogP contribution >= 0.6 is 23.6 Å². The lowest BCUT2D eigenvalue weighted by Gasteiger charge is -2.10. The van der Waals surface area contributed by atoms with Gasteiger partial charge >= 0.3 is 0 Å². The fourth-order valence-electron chi connectivity index (χ4n) is 1.55. The van der Waals surface area contributed by atoms with E-state index in [1.165, 1.54) is 17.4 Å². The molecular weight excluding hydrogens is 300 g/mol. The molecule has 100 valence electrons. The summed E-state index contributed by atoms with van der Waals surface area (Å²) in [7, 11) is -3.62. The molecule has 0 unspecified atom stereocenters. The number of hydrogen-bond acceptors (Lipinski definition) is 4. The summed E-state index contributed by atoms with van der Waals surface area (Å²) in [6, 6.07) is 8.30. The number of benzene rings is 1. The van der Waals surface area contributed by atoms with Gasteiger partial charge in [0.15, 0.2) is 0 Å². The largest absolute Gasteiger partial charge is 0.389 e. The van der Waals surface area contributed by atoms with Crippen LogP contribution in [0.15, 0.2) is 46.0 Å². The van der Waals surface area contributed by atoms with Crippen LogP contribution in [0.1, 0.15) is 11.1 Å². The first-order valence-corrected chi connectivity index (χ1v) is 8.24. The van der Waals surface area contributed by atoms with Gasteiger partial charge in [-0.2, -0.15) is 11.3 Å². The molecule has 4 nitrogen and oxygen atoms in total. The van der Waals surface area contributed by atoms with Crippen LogP contribution in [0.2, 0.25) is 0 Å². The molecule has 0 fully saturated rings. The number of nitrogens with one attached hydrogen (secondary N) is 1. The highest BCUT2D eigenvalue weighted by atomic mass is 32.2. The van der Waals surface area contributed by atoms with Crippen LogP contribution in [0.3, 0.4) is 0 Å². The maximum atomic E-state index is 12.2. The van der Waals surface area contributed by atoms with Gasteiger partial charge in [0.05, 0.1) is 4.90 Å². The number of thiocarbonyl (C=S) groups is 1. The minimum Gasteiger partial charge on any atom is -0.389 e. The van der Waals surface area contributed by atoms with Gasteiger partial charge in [0, 0.05) is 12.1 Å². The number of sulfonamides is 1. The number of hydrogen-bond donors (Lipinski definition) is 2. The summed E-state index contributed by atoms with van der Waals surface area (Å²) < 4.78 is 27.0. The maximum absolute atomic E-state index is 12.2. The van der Waals surface area contributed by atoms with E-state index < -0.39 is 10.0 Å². The van der Waals surface area contributed by atoms with Gasteiger partial charge in [0.25, 0.3) is 0 Å². The van der Waals surface area contributed by atoms with Gasteiger partial charge in [-0.3, -0.25) is 0 Å². The van der Waals surface area contributed by atoms with Gasteiger partial charge < -0.3 is 5.73 Å². The average molecular weight is 312 g/mol. The second-order valence-electron chi connectivity index (χ2n) is 3.82. The highest BCUT2D eigenvalue weighted by molar-refractivity contribution is 7.89. The van der Waals surface area contributed by atoms with Crippen LogP contribution in [-0.2, 0) is 16.6 Å². The van der Waals surface area contributed by atoms with Crippen molar-refractivity contribution < 1.29 is 8.42 Å². The van der Waals surface area contributed by atoms with E-state index in [1.807, 2.05) is 16.8 Å². The minimum absolute atomic E-state index is 0.0662. The number of rotatable bonds is 5. The quantitative estimate of drug-likeness (QED) is 0.827. The van der Waals surface area contributed by atoms with Crippen molar-refractivity contribution >= 4 is 38.6 Å². The zero-order chi connectivity index (χ0) is 13.9. The first-order valence-electron chi connectivity index (χ1n) is 5.40. The molecule has 0 saturated carbocycles. The number of thiophene rings is 1. The first-order chi connectivity index (χ1) is 9.00. The molecule has 3 N–H and O–H groups in total. The Morgan fingerprint density at radius 2 is 2.05 bits per heavy atom. The Bertz CT molecular complexity index is 679. The Kier molecular flexibility index (Phi) is 4.31. The van der Waals surface area contributed by atoms with Gasteiger partial charge in [-0.05, 0) is 28.5 Å². The molecule has 0 bridgehead atoms. The second kappa shape index (κ2) is 5.79. The zero-order valence-electron chi connectivity index (χ0n) is 9.87. The molecule has 1 heterocycles. The molecule has 0 aliphatic carbocycles. The van der Waals surface area contributed by atoms with Crippen molar-refractivity contribution in [1.29, 1.82) is 0 Å². The molecule has 1 aromatic carbocycles. The molecule has 0 aliphatic rings. The van der Waals surface area contributed by atoms with Crippen LogP contribution in [0.25, 0.3) is 0 Å². The fourth-order valence-corrected chi connectivity index (χ4v) is 3.70. The van der Waals surface area contributed by atoms with Gasteiger partial charge in [-0.15, -0.1) is 0 Å². The Morgan fingerprint density at radius 1 is 1.32 bits per heavy atom. The normalized spacial score (nSPS) is 11.4. The van der Waals surface area contributed by atoms with E-state index in [1.54, 1.807) is 18.2 Å². The summed E-state index contributed by atoms with van der Waals surface area (Å²) in [4.78, 5) is 0.175. The summed E-state index contributed by atoms with van der Waals surface area (Å²) in [5.74, 6) is 0. The van der Waals surface area contributed by atoms with Gasteiger partial charge in [-0.1, -0.05) is 30.4 Å². The topological polar surface area (TPSA) is 72.2 Å². The monoisotopic (exact) mass is 312 g/mol. The predicted molar refractivity (Wildman–Crippen MR) is 80.7 cm³/mol. The molecule has 0 aliphatic heterocycles. The van der Waals surface area contributed by atoms with Crippen molar-refractivity contribution in [3.63, 3.8) is 0 Å². The second-order valence-corrected chi connectivity index (χ2v) is 6.77. The highest BCUT2D eigenvalue weighted by Gasteiger charge is 2.18. The van der Waals surface area contributed by atoms with E-state index in [4.69, 9.17) is 18.0 Å². The van der Waals surface area contributed by atoms with E-state index >= 15 is 0 Å². The average Bonchev–Trinajstić information content (AvgIpc) is 2.89. The summed E-state index contributed by atoms with van der Waals surface area (Å²) in [5, 5.41) is 3.79. The Morgan fingerprint density at radius 3 is 2.68 bits per heavy atom. The first kappa shape index (κ1) is 14.1. The van der Waals surface area contributed by atoms with E-state index in [2.05, 4.69) is 4.72 Å². The fraction of sp³-hybridized carbons (Fsp3) is 0.0833. The van der Waals surface area contributed by atoms with Crippen LogP contribution < -0.4 is 10.5 Å². The smallest absolute Gasteiger partial charge is 0.241 e. The van der Waals surface area contributed by atoms with E-state index in [0.717, 1.165) is 5.56 Å². The molecule has 0 atom stereocenters. The lowest BCUT2D eigenvalue weighted by Crippen LogP contribution is -2.26. The van der Waals surface area contributed by atoms with Crippen molar-refractivity contribution in [2.75, 3.05) is 0 Å². The highest BCUT2D eigenvalue weighted by Crippen LogP contribution is 2.16. The summed E-state index contributed by atoms with van der Waals surface area (Å²) >= 11 is 6.39. The third kappa shape index (κ3) is 3.38. The van der Waals surface area contributed by atoms with Crippen molar-refractivity contribution in [2.45, 2.75) is 11.4 Å². The van der Waals surface area contributed by atoms with Crippen LogP contribution in [0, 0.1) is 0 Å². The third-order valence-corrected chi connectivity index (χ3v) is 4.90. The third-order valence-electron chi connectivity index (χ3n) is 2.49. The predicted octanol–water partition coefficient (Wildman–Crippen LogP) is 1.86. The molecule has 1 aromatic heterocycles. The van der Waals surface area contributed by atoms with Crippen molar-refractivity contribution in [1.82, 2.24) is 4.72 Å². The SMILES string of the molecule is NC(=S)c1ccccc1S(=O)(=O)NCc1ccsc1. The lowest BCUT2D eigenvalue weighted by atomic mass is 10.2. The molecular formula is C12H12N2O2S3. The lowest BCUT2D eigenvalue weighted by molar-refractivity contribution is 0.581. The van der Waals surface area contributed by atoms with Gasteiger partial charge in [0.2, 0.25) is 10.0 Å². The van der Waals surface area contributed by atoms with Crippen LogP contribution in [-0.4, -0.2) is 13.4 Å². The van der Waals surface area contributed by atoms with E-state index in [9.17, 15) is 8.42 Å². The Balaban J connectivity index is 2.27. The minimum atomic E-state index is -3.62. The summed E-state index contributed by atoms with van der Waals surface area (Å²) in [6.45, 7) is 0.248. The molecule has 0 radical (unpaired) electrons. The molecule has 0 amide bonds. The zero-order valence-corrected chi connectivity index (χ0v) is 12.3. The van der Waals surface area contributed by atoms with Crippen molar-refractivity contribution in [3.05, 3.63) is 52.2 Å². The molecule has 2 aromatic rings. The van der Waals surface area contributed by atoms with E-state index in [0.29, 0.717) is 5.56 Å². The number of nitrogens with two attached hydrogens (primary N) is 1. The van der Waals surface area contributed by atoms with E-state index in [-0.39, 0.29) is 16.4 Å². The molecule has 0 spiro atoms. The summed E-state index contributed by atoms with van der Waals surface area (Å²) in [5.41, 5.74) is 6.82.